The Bertz CT molecular complexity index is 123. The molecule has 58 valence electrons. The summed E-state index contributed by atoms with van der Waals surface area (Å²) in [6.45, 7) is 2.00. The molecular formula is C6H12NO2S+. The number of thioether (sulfide) groups is 1. The monoisotopic (exact) mass is 162 g/mol. The molecule has 1 aliphatic heterocycles. The smallest absolute Gasteiger partial charge is 0.324 e. The number of rotatable bonds is 1. The quantitative estimate of drug-likeness (QED) is 0.494. The van der Waals surface area contributed by atoms with Crippen molar-refractivity contribution in [3.63, 3.8) is 0 Å². The molecule has 0 aromatic heterocycles. The number of methoxy groups -OCH3 is 1. The standard InChI is InChI=1S/C6H11NO2S/c1-9-6(8)5-4-7-2-3-10-5/h5,7H,2-4H2,1H3/p+1/t5-/m0/s1. The first-order valence-corrected chi connectivity index (χ1v) is 4.40. The van der Waals surface area contributed by atoms with Crippen LogP contribution in [0.3, 0.4) is 0 Å². The van der Waals surface area contributed by atoms with Crippen LogP contribution in [0.2, 0.25) is 0 Å². The van der Waals surface area contributed by atoms with Crippen molar-refractivity contribution in [2.75, 3.05) is 26.0 Å². The van der Waals surface area contributed by atoms with Gasteiger partial charge in [-0.2, -0.15) is 0 Å². The summed E-state index contributed by atoms with van der Waals surface area (Å²) < 4.78 is 4.61. The zero-order valence-electron chi connectivity index (χ0n) is 6.00. The Kier molecular flexibility index (Phi) is 3.02. The van der Waals surface area contributed by atoms with Crippen LogP contribution in [0, 0.1) is 0 Å². The van der Waals surface area contributed by atoms with Crippen LogP contribution in [0.25, 0.3) is 0 Å². The van der Waals surface area contributed by atoms with Gasteiger partial charge in [0.15, 0.2) is 5.25 Å². The van der Waals surface area contributed by atoms with Gasteiger partial charge in [-0.3, -0.25) is 4.79 Å². The second-order valence-corrected chi connectivity index (χ2v) is 3.51. The van der Waals surface area contributed by atoms with Gasteiger partial charge in [0, 0.05) is 5.75 Å². The number of quaternary nitrogens is 1. The molecule has 0 bridgehead atoms. The van der Waals surface area contributed by atoms with Crippen molar-refractivity contribution in [3.8, 4) is 0 Å². The highest BCUT2D eigenvalue weighted by Gasteiger charge is 2.24. The molecule has 0 unspecified atom stereocenters. The van der Waals surface area contributed by atoms with E-state index in [4.69, 9.17) is 0 Å². The minimum Gasteiger partial charge on any atom is -0.468 e. The Hall–Kier alpha value is -0.220. The first-order chi connectivity index (χ1) is 4.84. The molecule has 1 aliphatic rings. The van der Waals surface area contributed by atoms with Gasteiger partial charge in [-0.25, -0.2) is 0 Å². The van der Waals surface area contributed by atoms with Crippen LogP contribution >= 0.6 is 11.8 Å². The minimum atomic E-state index is -0.0825. The van der Waals surface area contributed by atoms with Crippen molar-refractivity contribution < 1.29 is 14.8 Å². The Labute approximate surface area is 64.5 Å². The summed E-state index contributed by atoms with van der Waals surface area (Å²) >= 11 is 1.69. The van der Waals surface area contributed by atoms with Crippen molar-refractivity contribution in [1.29, 1.82) is 0 Å². The Balaban J connectivity index is 2.31. The van der Waals surface area contributed by atoms with Gasteiger partial charge in [-0.1, -0.05) is 0 Å². The van der Waals surface area contributed by atoms with Gasteiger partial charge >= 0.3 is 5.97 Å². The van der Waals surface area contributed by atoms with Crippen LogP contribution in [0.4, 0.5) is 0 Å². The topological polar surface area (TPSA) is 42.9 Å². The predicted octanol–water partition coefficient (Wildman–Crippen LogP) is -1.16. The van der Waals surface area contributed by atoms with E-state index in [9.17, 15) is 4.79 Å². The molecular weight excluding hydrogens is 150 g/mol. The molecule has 0 aromatic carbocycles. The maximum atomic E-state index is 10.9. The summed E-state index contributed by atoms with van der Waals surface area (Å²) in [4.78, 5) is 10.9. The fraction of sp³-hybridized carbons (Fsp3) is 0.833. The molecule has 3 nitrogen and oxygen atoms in total. The van der Waals surface area contributed by atoms with Crippen LogP contribution in [0.5, 0.6) is 0 Å². The van der Waals surface area contributed by atoms with E-state index >= 15 is 0 Å². The molecule has 10 heavy (non-hydrogen) atoms. The summed E-state index contributed by atoms with van der Waals surface area (Å²) in [5, 5.41) is 2.22. The van der Waals surface area contributed by atoms with Gasteiger partial charge in [0.25, 0.3) is 0 Å². The van der Waals surface area contributed by atoms with E-state index in [0.29, 0.717) is 0 Å². The first kappa shape index (κ1) is 7.88. The zero-order chi connectivity index (χ0) is 7.40. The lowest BCUT2D eigenvalue weighted by molar-refractivity contribution is -0.650. The maximum absolute atomic E-state index is 10.9. The number of nitrogens with two attached hydrogens (primary N) is 1. The van der Waals surface area contributed by atoms with E-state index in [2.05, 4.69) is 10.1 Å². The second-order valence-electron chi connectivity index (χ2n) is 2.20. The summed E-state index contributed by atoms with van der Waals surface area (Å²) in [5.41, 5.74) is 0. The van der Waals surface area contributed by atoms with Crippen molar-refractivity contribution in [2.45, 2.75) is 5.25 Å². The highest BCUT2D eigenvalue weighted by Crippen LogP contribution is 2.11. The number of carbonyl (C=O) groups excluding carboxylic acids is 1. The van der Waals surface area contributed by atoms with Gasteiger partial charge < -0.3 is 10.1 Å². The second kappa shape index (κ2) is 3.83. The first-order valence-electron chi connectivity index (χ1n) is 3.35. The number of carbonyl (C=O) groups is 1. The molecule has 0 spiro atoms. The lowest BCUT2D eigenvalue weighted by Crippen LogP contribution is -2.88. The number of hydrogen-bond donors (Lipinski definition) is 1. The molecule has 0 amide bonds. The molecule has 1 rings (SSSR count). The van der Waals surface area contributed by atoms with E-state index in [1.165, 1.54) is 7.11 Å². The predicted molar refractivity (Wildman–Crippen MR) is 39.9 cm³/mol. The SMILES string of the molecule is COC(=O)[C@@H]1C[NH2+]CCS1. The molecule has 4 heteroatoms. The minimum absolute atomic E-state index is 0.0683. The maximum Gasteiger partial charge on any atom is 0.324 e. The molecule has 0 saturated carbocycles. The molecule has 1 atom stereocenters. The Morgan fingerprint density at radius 1 is 1.80 bits per heavy atom. The third-order valence-electron chi connectivity index (χ3n) is 1.49. The van der Waals surface area contributed by atoms with Crippen LogP contribution < -0.4 is 5.32 Å². The lowest BCUT2D eigenvalue weighted by atomic mass is 10.4. The van der Waals surface area contributed by atoms with Gasteiger partial charge in [0.05, 0.1) is 20.2 Å². The molecule has 1 heterocycles. The van der Waals surface area contributed by atoms with Crippen LogP contribution in [-0.2, 0) is 9.53 Å². The summed E-state index contributed by atoms with van der Waals surface area (Å²) in [6, 6.07) is 0. The number of hydrogen-bond acceptors (Lipinski definition) is 3. The lowest BCUT2D eigenvalue weighted by Gasteiger charge is -2.16. The summed E-state index contributed by atoms with van der Waals surface area (Å²) in [5.74, 6) is 0.973. The number of ether oxygens (including phenoxy) is 1. The third kappa shape index (κ3) is 1.88. The van der Waals surface area contributed by atoms with Gasteiger partial charge in [0.1, 0.15) is 0 Å². The van der Waals surface area contributed by atoms with Crippen molar-refractivity contribution in [2.24, 2.45) is 0 Å². The van der Waals surface area contributed by atoms with E-state index in [0.717, 1.165) is 18.8 Å². The van der Waals surface area contributed by atoms with Crippen molar-refractivity contribution in [1.82, 2.24) is 0 Å². The zero-order valence-corrected chi connectivity index (χ0v) is 6.82. The van der Waals surface area contributed by atoms with Gasteiger partial charge in [-0.05, 0) is 0 Å². The number of esters is 1. The molecule has 1 fully saturated rings. The highest BCUT2D eigenvalue weighted by molar-refractivity contribution is 8.00. The van der Waals surface area contributed by atoms with Gasteiger partial charge in [0.2, 0.25) is 0 Å². The van der Waals surface area contributed by atoms with E-state index in [1.54, 1.807) is 11.8 Å². The third-order valence-corrected chi connectivity index (χ3v) is 2.74. The summed E-state index contributed by atoms with van der Waals surface area (Å²) in [7, 11) is 1.44. The molecule has 0 aliphatic carbocycles. The fourth-order valence-corrected chi connectivity index (χ4v) is 2.02. The van der Waals surface area contributed by atoms with Crippen LogP contribution in [0.1, 0.15) is 0 Å². The van der Waals surface area contributed by atoms with Crippen molar-refractivity contribution >= 4 is 17.7 Å². The Morgan fingerprint density at radius 3 is 3.10 bits per heavy atom. The van der Waals surface area contributed by atoms with Crippen LogP contribution in [0.15, 0.2) is 0 Å². The fourth-order valence-electron chi connectivity index (χ4n) is 0.927. The van der Waals surface area contributed by atoms with Crippen LogP contribution in [-0.4, -0.2) is 37.2 Å². The molecule has 0 aromatic rings. The summed E-state index contributed by atoms with van der Waals surface area (Å²) in [6.07, 6.45) is 0. The average Bonchev–Trinajstić information content (AvgIpc) is 2.05. The average molecular weight is 162 g/mol. The van der Waals surface area contributed by atoms with E-state index in [1.807, 2.05) is 0 Å². The highest BCUT2D eigenvalue weighted by atomic mass is 32.2. The Morgan fingerprint density at radius 2 is 2.60 bits per heavy atom. The van der Waals surface area contributed by atoms with E-state index in [-0.39, 0.29) is 11.2 Å². The molecule has 1 saturated heterocycles. The van der Waals surface area contributed by atoms with Gasteiger partial charge in [-0.15, -0.1) is 11.8 Å². The van der Waals surface area contributed by atoms with E-state index < -0.39 is 0 Å². The van der Waals surface area contributed by atoms with Crippen molar-refractivity contribution in [3.05, 3.63) is 0 Å². The normalized spacial score (nSPS) is 25.9. The molecule has 0 radical (unpaired) electrons. The largest absolute Gasteiger partial charge is 0.468 e. The molecule has 2 N–H and O–H groups in total.